The molecule has 6 heteroatoms. The molecular weight excluding hydrogens is 370 g/mol. The number of ether oxygens (including phenoxy) is 1. The Morgan fingerprint density at radius 1 is 1.17 bits per heavy atom. The van der Waals surface area contributed by atoms with Crippen molar-refractivity contribution in [1.82, 2.24) is 9.78 Å². The zero-order chi connectivity index (χ0) is 17.1. The van der Waals surface area contributed by atoms with E-state index in [0.717, 1.165) is 21.6 Å². The highest BCUT2D eigenvalue weighted by Gasteiger charge is 2.12. The number of methoxy groups -OCH3 is 1. The van der Waals surface area contributed by atoms with E-state index in [1.807, 2.05) is 49.4 Å². The highest BCUT2D eigenvalue weighted by Crippen LogP contribution is 2.21. The van der Waals surface area contributed by atoms with Crippen LogP contribution in [0.3, 0.4) is 0 Å². The summed E-state index contributed by atoms with van der Waals surface area (Å²) in [5.41, 5.74) is 2.23. The van der Waals surface area contributed by atoms with Crippen molar-refractivity contribution in [2.75, 3.05) is 12.4 Å². The fourth-order valence-electron chi connectivity index (χ4n) is 2.33. The maximum atomic E-state index is 12.5. The molecule has 0 spiro atoms. The first kappa shape index (κ1) is 16.3. The van der Waals surface area contributed by atoms with Crippen LogP contribution in [0, 0.1) is 6.92 Å². The van der Waals surface area contributed by atoms with Gasteiger partial charge in [0.05, 0.1) is 18.5 Å². The second-order valence-electron chi connectivity index (χ2n) is 5.25. The number of anilines is 1. The first-order chi connectivity index (χ1) is 11.6. The second kappa shape index (κ2) is 6.88. The first-order valence-corrected chi connectivity index (χ1v) is 8.14. The van der Waals surface area contributed by atoms with E-state index in [1.54, 1.807) is 23.9 Å². The smallest absolute Gasteiger partial charge is 0.256 e. The van der Waals surface area contributed by atoms with E-state index in [4.69, 9.17) is 4.74 Å². The zero-order valence-electron chi connectivity index (χ0n) is 13.3. The standard InChI is InChI=1S/C18H16BrN3O2/c1-12-10-17(20-18(23)13-4-3-5-14(19)11-13)22(21-12)15-6-8-16(24-2)9-7-15/h3-11H,1-2H3,(H,20,23). The fraction of sp³-hybridized carbons (Fsp3) is 0.111. The molecule has 1 amide bonds. The summed E-state index contributed by atoms with van der Waals surface area (Å²) in [6.07, 6.45) is 0. The summed E-state index contributed by atoms with van der Waals surface area (Å²) in [6, 6.07) is 16.6. The third kappa shape index (κ3) is 3.49. The summed E-state index contributed by atoms with van der Waals surface area (Å²) in [7, 11) is 1.62. The van der Waals surface area contributed by atoms with Crippen LogP contribution in [0.5, 0.6) is 5.75 Å². The number of hydrogen-bond acceptors (Lipinski definition) is 3. The van der Waals surface area contributed by atoms with Gasteiger partial charge < -0.3 is 10.1 Å². The third-order valence-electron chi connectivity index (χ3n) is 3.48. The maximum absolute atomic E-state index is 12.5. The number of rotatable bonds is 4. The topological polar surface area (TPSA) is 56.1 Å². The van der Waals surface area contributed by atoms with Crippen LogP contribution in [0.1, 0.15) is 16.1 Å². The average Bonchev–Trinajstić information content (AvgIpc) is 2.95. The summed E-state index contributed by atoms with van der Waals surface area (Å²) in [4.78, 5) is 12.5. The molecule has 0 fully saturated rings. The Labute approximate surface area is 148 Å². The van der Waals surface area contributed by atoms with Gasteiger partial charge in [0, 0.05) is 16.1 Å². The van der Waals surface area contributed by atoms with Gasteiger partial charge in [-0.3, -0.25) is 4.79 Å². The van der Waals surface area contributed by atoms with Crippen LogP contribution in [0.2, 0.25) is 0 Å². The first-order valence-electron chi connectivity index (χ1n) is 7.35. The van der Waals surface area contributed by atoms with Gasteiger partial charge in [0.15, 0.2) is 0 Å². The zero-order valence-corrected chi connectivity index (χ0v) is 14.9. The molecule has 1 heterocycles. The van der Waals surface area contributed by atoms with E-state index in [1.165, 1.54) is 0 Å². The van der Waals surface area contributed by atoms with Gasteiger partial charge in [-0.25, -0.2) is 4.68 Å². The number of aryl methyl sites for hydroxylation is 1. The molecule has 3 rings (SSSR count). The van der Waals surface area contributed by atoms with E-state index in [0.29, 0.717) is 11.4 Å². The van der Waals surface area contributed by atoms with E-state index in [9.17, 15) is 4.79 Å². The number of carbonyl (C=O) groups excluding carboxylic acids is 1. The van der Waals surface area contributed by atoms with Gasteiger partial charge in [0.1, 0.15) is 11.6 Å². The van der Waals surface area contributed by atoms with Crippen LogP contribution >= 0.6 is 15.9 Å². The van der Waals surface area contributed by atoms with Crippen molar-refractivity contribution in [3.63, 3.8) is 0 Å². The molecule has 1 aromatic heterocycles. The summed E-state index contributed by atoms with van der Waals surface area (Å²) >= 11 is 3.38. The minimum Gasteiger partial charge on any atom is -0.497 e. The van der Waals surface area contributed by atoms with E-state index in [2.05, 4.69) is 26.3 Å². The molecule has 0 aliphatic rings. The van der Waals surface area contributed by atoms with Crippen molar-refractivity contribution in [3.8, 4) is 11.4 Å². The van der Waals surface area contributed by atoms with Gasteiger partial charge in [0.2, 0.25) is 0 Å². The number of halogens is 1. The SMILES string of the molecule is COc1ccc(-n2nc(C)cc2NC(=O)c2cccc(Br)c2)cc1. The van der Waals surface area contributed by atoms with Crippen molar-refractivity contribution in [2.45, 2.75) is 6.92 Å². The van der Waals surface area contributed by atoms with E-state index < -0.39 is 0 Å². The van der Waals surface area contributed by atoms with Crippen LogP contribution in [0.4, 0.5) is 5.82 Å². The van der Waals surface area contributed by atoms with Crippen molar-refractivity contribution in [1.29, 1.82) is 0 Å². The van der Waals surface area contributed by atoms with Crippen molar-refractivity contribution < 1.29 is 9.53 Å². The largest absolute Gasteiger partial charge is 0.497 e. The average molecular weight is 386 g/mol. The monoisotopic (exact) mass is 385 g/mol. The summed E-state index contributed by atoms with van der Waals surface area (Å²) in [5, 5.41) is 7.36. The molecule has 0 aliphatic carbocycles. The number of carbonyl (C=O) groups is 1. The number of hydrogen-bond donors (Lipinski definition) is 1. The lowest BCUT2D eigenvalue weighted by Crippen LogP contribution is -2.15. The van der Waals surface area contributed by atoms with E-state index in [-0.39, 0.29) is 5.91 Å². The van der Waals surface area contributed by atoms with Crippen LogP contribution in [0.25, 0.3) is 5.69 Å². The molecule has 0 atom stereocenters. The molecule has 0 aliphatic heterocycles. The molecule has 5 nitrogen and oxygen atoms in total. The minimum absolute atomic E-state index is 0.189. The van der Waals surface area contributed by atoms with Gasteiger partial charge in [-0.15, -0.1) is 0 Å². The molecule has 0 saturated heterocycles. The Hall–Kier alpha value is -2.60. The molecule has 2 aromatic carbocycles. The Morgan fingerprint density at radius 2 is 1.92 bits per heavy atom. The summed E-state index contributed by atoms with van der Waals surface area (Å²) < 4.78 is 7.73. The lowest BCUT2D eigenvalue weighted by molar-refractivity contribution is 0.102. The summed E-state index contributed by atoms with van der Waals surface area (Å²) in [5.74, 6) is 1.19. The van der Waals surface area contributed by atoms with Crippen LogP contribution in [-0.4, -0.2) is 22.8 Å². The van der Waals surface area contributed by atoms with Crippen LogP contribution in [0.15, 0.2) is 59.1 Å². The molecule has 0 saturated carbocycles. The van der Waals surface area contributed by atoms with Gasteiger partial charge in [-0.2, -0.15) is 5.10 Å². The van der Waals surface area contributed by atoms with Crippen molar-refractivity contribution >= 4 is 27.7 Å². The van der Waals surface area contributed by atoms with E-state index >= 15 is 0 Å². The van der Waals surface area contributed by atoms with Gasteiger partial charge in [0.25, 0.3) is 5.91 Å². The molecule has 0 bridgehead atoms. The molecular formula is C18H16BrN3O2. The molecule has 122 valence electrons. The highest BCUT2D eigenvalue weighted by atomic mass is 79.9. The maximum Gasteiger partial charge on any atom is 0.256 e. The quantitative estimate of drug-likeness (QED) is 0.731. The van der Waals surface area contributed by atoms with Gasteiger partial charge >= 0.3 is 0 Å². The fourth-order valence-corrected chi connectivity index (χ4v) is 2.73. The lowest BCUT2D eigenvalue weighted by Gasteiger charge is -2.10. The lowest BCUT2D eigenvalue weighted by atomic mass is 10.2. The Kier molecular flexibility index (Phi) is 4.66. The highest BCUT2D eigenvalue weighted by molar-refractivity contribution is 9.10. The van der Waals surface area contributed by atoms with Gasteiger partial charge in [-0.05, 0) is 49.4 Å². The normalized spacial score (nSPS) is 10.5. The molecule has 1 N–H and O–H groups in total. The number of nitrogens with zero attached hydrogens (tertiary/aromatic N) is 2. The second-order valence-corrected chi connectivity index (χ2v) is 6.16. The van der Waals surface area contributed by atoms with Crippen LogP contribution < -0.4 is 10.1 Å². The Balaban J connectivity index is 1.90. The van der Waals surface area contributed by atoms with Crippen molar-refractivity contribution in [2.24, 2.45) is 0 Å². The Bertz CT molecular complexity index is 872. The Morgan fingerprint density at radius 3 is 2.58 bits per heavy atom. The number of nitrogens with one attached hydrogen (secondary N) is 1. The molecule has 0 unspecified atom stereocenters. The molecule has 3 aromatic rings. The number of amides is 1. The third-order valence-corrected chi connectivity index (χ3v) is 3.97. The summed E-state index contributed by atoms with van der Waals surface area (Å²) in [6.45, 7) is 1.88. The molecule has 24 heavy (non-hydrogen) atoms. The van der Waals surface area contributed by atoms with Crippen molar-refractivity contribution in [3.05, 3.63) is 70.3 Å². The minimum atomic E-state index is -0.189. The predicted molar refractivity (Wildman–Crippen MR) is 96.9 cm³/mol. The van der Waals surface area contributed by atoms with Crippen LogP contribution in [-0.2, 0) is 0 Å². The van der Waals surface area contributed by atoms with Gasteiger partial charge in [-0.1, -0.05) is 22.0 Å². The molecule has 0 radical (unpaired) electrons. The predicted octanol–water partition coefficient (Wildman–Crippen LogP) is 4.20. The number of benzene rings is 2. The number of aromatic nitrogens is 2.